The van der Waals surface area contributed by atoms with Gasteiger partial charge in [0, 0.05) is 6.20 Å². The third-order valence-corrected chi connectivity index (χ3v) is 1.77. The number of alkyl halides is 2. The number of anilines is 1. The number of aliphatic hydroxyl groups excluding tert-OH is 1. The minimum absolute atomic E-state index is 0.00491. The van der Waals surface area contributed by atoms with Crippen molar-refractivity contribution in [2.45, 2.75) is 13.0 Å². The number of methoxy groups -OCH3 is 1. The first-order valence-electron chi connectivity index (χ1n) is 3.82. The van der Waals surface area contributed by atoms with Crippen LogP contribution in [0, 0.1) is 0 Å². The molecule has 0 aliphatic heterocycles. The second-order valence-corrected chi connectivity index (χ2v) is 2.57. The fourth-order valence-corrected chi connectivity index (χ4v) is 1.08. The lowest BCUT2D eigenvalue weighted by atomic mass is 10.2. The van der Waals surface area contributed by atoms with E-state index in [1.54, 1.807) is 0 Å². The Hall–Kier alpha value is -1.43. The van der Waals surface area contributed by atoms with Gasteiger partial charge in [-0.3, -0.25) is 4.98 Å². The molecule has 1 rings (SSSR count). The molecular formula is C8H10F2N2O2. The highest BCUT2D eigenvalue weighted by molar-refractivity contribution is 5.60. The van der Waals surface area contributed by atoms with Gasteiger partial charge in [0.25, 0.3) is 6.43 Å². The number of halogens is 2. The zero-order valence-corrected chi connectivity index (χ0v) is 7.50. The first-order valence-corrected chi connectivity index (χ1v) is 3.82. The van der Waals surface area contributed by atoms with Gasteiger partial charge in [0.1, 0.15) is 5.69 Å². The highest BCUT2D eigenvalue weighted by atomic mass is 19.3. The van der Waals surface area contributed by atoms with E-state index in [1.807, 2.05) is 0 Å². The summed E-state index contributed by atoms with van der Waals surface area (Å²) in [4.78, 5) is 3.62. The SMILES string of the molecule is COc1c(CO)ncc(C(F)F)c1N. The lowest BCUT2D eigenvalue weighted by molar-refractivity contribution is 0.151. The van der Waals surface area contributed by atoms with E-state index in [0.717, 1.165) is 6.20 Å². The fourth-order valence-electron chi connectivity index (χ4n) is 1.08. The van der Waals surface area contributed by atoms with Crippen molar-refractivity contribution in [2.75, 3.05) is 12.8 Å². The number of rotatable bonds is 3. The third kappa shape index (κ3) is 1.74. The summed E-state index contributed by atoms with van der Waals surface area (Å²) >= 11 is 0. The number of pyridine rings is 1. The maximum atomic E-state index is 12.3. The minimum atomic E-state index is -2.70. The summed E-state index contributed by atoms with van der Waals surface area (Å²) in [5.74, 6) is 0.00491. The Morgan fingerprint density at radius 1 is 1.64 bits per heavy atom. The van der Waals surface area contributed by atoms with Crippen LogP contribution in [0.15, 0.2) is 6.20 Å². The lowest BCUT2D eigenvalue weighted by Crippen LogP contribution is -2.04. The molecule has 1 aromatic heterocycles. The minimum Gasteiger partial charge on any atom is -0.493 e. The van der Waals surface area contributed by atoms with Crippen LogP contribution in [0.4, 0.5) is 14.5 Å². The van der Waals surface area contributed by atoms with Gasteiger partial charge in [-0.05, 0) is 0 Å². The highest BCUT2D eigenvalue weighted by Crippen LogP contribution is 2.33. The van der Waals surface area contributed by atoms with Gasteiger partial charge in [0.15, 0.2) is 5.75 Å². The summed E-state index contributed by atoms with van der Waals surface area (Å²) in [5, 5.41) is 8.82. The molecule has 0 aliphatic rings. The maximum Gasteiger partial charge on any atom is 0.267 e. The van der Waals surface area contributed by atoms with Gasteiger partial charge in [-0.15, -0.1) is 0 Å². The molecule has 0 atom stereocenters. The summed E-state index contributed by atoms with van der Waals surface area (Å²) in [6.45, 7) is -0.406. The van der Waals surface area contributed by atoms with Crippen LogP contribution in [0.1, 0.15) is 17.7 Å². The predicted molar refractivity (Wildman–Crippen MR) is 46.1 cm³/mol. The number of nitrogen functional groups attached to an aromatic ring is 1. The molecule has 0 fully saturated rings. The third-order valence-electron chi connectivity index (χ3n) is 1.77. The van der Waals surface area contributed by atoms with Crippen molar-refractivity contribution in [1.82, 2.24) is 4.98 Å². The Balaban J connectivity index is 3.27. The van der Waals surface area contributed by atoms with Crippen LogP contribution in [0.25, 0.3) is 0 Å². The smallest absolute Gasteiger partial charge is 0.267 e. The molecule has 0 unspecified atom stereocenters. The van der Waals surface area contributed by atoms with E-state index in [1.165, 1.54) is 7.11 Å². The monoisotopic (exact) mass is 204 g/mol. The molecule has 0 aliphatic carbocycles. The summed E-state index contributed by atoms with van der Waals surface area (Å²) in [5.41, 5.74) is 4.99. The van der Waals surface area contributed by atoms with Crippen LogP contribution < -0.4 is 10.5 Å². The average Bonchev–Trinajstić information content (AvgIpc) is 2.16. The molecule has 78 valence electrons. The summed E-state index contributed by atoms with van der Waals surface area (Å²) < 4.78 is 29.5. The largest absolute Gasteiger partial charge is 0.493 e. The van der Waals surface area contributed by atoms with Crippen molar-refractivity contribution in [3.05, 3.63) is 17.5 Å². The first-order chi connectivity index (χ1) is 6.61. The van der Waals surface area contributed by atoms with E-state index >= 15 is 0 Å². The Morgan fingerprint density at radius 3 is 2.71 bits per heavy atom. The van der Waals surface area contributed by atoms with Crippen molar-refractivity contribution in [3.8, 4) is 5.75 Å². The molecule has 0 bridgehead atoms. The van der Waals surface area contributed by atoms with Gasteiger partial charge < -0.3 is 15.6 Å². The molecule has 1 aromatic rings. The lowest BCUT2D eigenvalue weighted by Gasteiger charge is -2.11. The van der Waals surface area contributed by atoms with Gasteiger partial charge in [0.2, 0.25) is 0 Å². The van der Waals surface area contributed by atoms with Crippen LogP contribution in [0.3, 0.4) is 0 Å². The maximum absolute atomic E-state index is 12.3. The number of nitrogens with two attached hydrogens (primary N) is 1. The topological polar surface area (TPSA) is 68.4 Å². The van der Waals surface area contributed by atoms with Gasteiger partial charge in [-0.25, -0.2) is 8.78 Å². The van der Waals surface area contributed by atoms with E-state index in [2.05, 4.69) is 4.98 Å². The predicted octanol–water partition coefficient (Wildman–Crippen LogP) is 1.10. The summed E-state index contributed by atoms with van der Waals surface area (Å²) in [6, 6.07) is 0. The van der Waals surface area contributed by atoms with E-state index in [-0.39, 0.29) is 22.7 Å². The number of hydrogen-bond donors (Lipinski definition) is 2. The second kappa shape index (κ2) is 4.19. The van der Waals surface area contributed by atoms with Crippen molar-refractivity contribution in [1.29, 1.82) is 0 Å². The van der Waals surface area contributed by atoms with Crippen LogP contribution in [-0.4, -0.2) is 17.2 Å². The zero-order chi connectivity index (χ0) is 10.7. The Labute approximate surface area is 79.3 Å². The first kappa shape index (κ1) is 10.6. The zero-order valence-electron chi connectivity index (χ0n) is 7.50. The van der Waals surface area contributed by atoms with E-state index in [0.29, 0.717) is 0 Å². The molecule has 0 saturated heterocycles. The van der Waals surface area contributed by atoms with E-state index in [4.69, 9.17) is 15.6 Å². The summed E-state index contributed by atoms with van der Waals surface area (Å²) in [7, 11) is 1.28. The number of aliphatic hydroxyl groups is 1. The Bertz CT molecular complexity index is 331. The van der Waals surface area contributed by atoms with Gasteiger partial charge in [0.05, 0.1) is 25.0 Å². The molecule has 3 N–H and O–H groups in total. The average molecular weight is 204 g/mol. The molecule has 4 nitrogen and oxygen atoms in total. The van der Waals surface area contributed by atoms with Crippen LogP contribution in [0.5, 0.6) is 5.75 Å². The fraction of sp³-hybridized carbons (Fsp3) is 0.375. The van der Waals surface area contributed by atoms with Gasteiger partial charge in [-0.2, -0.15) is 0 Å². The van der Waals surface area contributed by atoms with Crippen LogP contribution >= 0.6 is 0 Å². The molecular weight excluding hydrogens is 194 g/mol. The Kier molecular flexibility index (Phi) is 3.19. The normalized spacial score (nSPS) is 10.6. The number of aromatic nitrogens is 1. The van der Waals surface area contributed by atoms with E-state index in [9.17, 15) is 8.78 Å². The molecule has 6 heteroatoms. The van der Waals surface area contributed by atoms with Gasteiger partial charge >= 0.3 is 0 Å². The number of hydrogen-bond acceptors (Lipinski definition) is 4. The van der Waals surface area contributed by atoms with Crippen LogP contribution in [-0.2, 0) is 6.61 Å². The molecule has 0 spiro atoms. The van der Waals surface area contributed by atoms with Crippen molar-refractivity contribution >= 4 is 5.69 Å². The van der Waals surface area contributed by atoms with Crippen molar-refractivity contribution in [3.63, 3.8) is 0 Å². The number of nitrogens with zero attached hydrogens (tertiary/aromatic N) is 1. The summed E-state index contributed by atoms with van der Waals surface area (Å²) in [6.07, 6.45) is -1.77. The standard InChI is InChI=1S/C8H10F2N2O2/c1-14-7-5(3-13)12-2-4(6(7)11)8(9)10/h2,8,13H,3H2,1H3,(H2,11,12). The van der Waals surface area contributed by atoms with Crippen molar-refractivity contribution < 1.29 is 18.6 Å². The molecule has 0 amide bonds. The highest BCUT2D eigenvalue weighted by Gasteiger charge is 2.18. The molecule has 1 heterocycles. The molecule has 0 aromatic carbocycles. The van der Waals surface area contributed by atoms with Gasteiger partial charge in [-0.1, -0.05) is 0 Å². The second-order valence-electron chi connectivity index (χ2n) is 2.57. The molecule has 0 saturated carbocycles. The Morgan fingerprint density at radius 2 is 2.29 bits per heavy atom. The van der Waals surface area contributed by atoms with Crippen LogP contribution in [0.2, 0.25) is 0 Å². The van der Waals surface area contributed by atoms with E-state index < -0.39 is 13.0 Å². The van der Waals surface area contributed by atoms with Crippen molar-refractivity contribution in [2.24, 2.45) is 0 Å². The molecule has 14 heavy (non-hydrogen) atoms. The number of ether oxygens (including phenoxy) is 1. The quantitative estimate of drug-likeness (QED) is 0.773. The molecule has 0 radical (unpaired) electrons.